The van der Waals surface area contributed by atoms with Crippen LogP contribution in [0, 0.1) is 11.3 Å². The van der Waals surface area contributed by atoms with Crippen LogP contribution in [-0.2, 0) is 12.7 Å². The lowest BCUT2D eigenvalue weighted by molar-refractivity contribution is -0.141. The minimum Gasteiger partial charge on any atom is -0.300 e. The molecule has 1 aromatic heterocycles. The maximum absolute atomic E-state index is 12.4. The van der Waals surface area contributed by atoms with E-state index >= 15 is 0 Å². The van der Waals surface area contributed by atoms with Crippen LogP contribution >= 0.6 is 0 Å². The summed E-state index contributed by atoms with van der Waals surface area (Å²) < 4.78 is 38.4. The van der Waals surface area contributed by atoms with Gasteiger partial charge in [0.15, 0.2) is 5.69 Å². The molecule has 7 heteroatoms. The summed E-state index contributed by atoms with van der Waals surface area (Å²) in [5, 5.41) is 15.8. The van der Waals surface area contributed by atoms with Crippen molar-refractivity contribution in [2.45, 2.75) is 51.4 Å². The van der Waals surface area contributed by atoms with Crippen LogP contribution in [0.15, 0.2) is 12.3 Å². The van der Waals surface area contributed by atoms with E-state index in [-0.39, 0.29) is 0 Å². The molecule has 4 nitrogen and oxygen atoms in total. The fraction of sp³-hybridized carbons (Fsp3) is 0.692. The Labute approximate surface area is 116 Å². The largest absolute Gasteiger partial charge is 0.435 e. The number of hydrogen-bond donors (Lipinski definition) is 1. The second kappa shape index (κ2) is 6.75. The van der Waals surface area contributed by atoms with Gasteiger partial charge in [-0.1, -0.05) is 6.92 Å². The molecule has 0 aliphatic carbocycles. The van der Waals surface area contributed by atoms with Gasteiger partial charge in [-0.3, -0.25) is 10.00 Å². The Hall–Kier alpha value is -1.55. The van der Waals surface area contributed by atoms with Gasteiger partial charge < -0.3 is 0 Å². The van der Waals surface area contributed by atoms with Crippen LogP contribution in [0.2, 0.25) is 0 Å². The SMILES string of the molecule is CCCNC(C)(C#N)CCCn1ccc(C(F)(F)F)n1. The third kappa shape index (κ3) is 4.85. The zero-order valence-corrected chi connectivity index (χ0v) is 11.7. The Morgan fingerprint density at radius 2 is 2.15 bits per heavy atom. The third-order valence-electron chi connectivity index (χ3n) is 3.01. The fourth-order valence-electron chi connectivity index (χ4n) is 1.82. The molecule has 0 saturated heterocycles. The highest BCUT2D eigenvalue weighted by molar-refractivity contribution is 5.04. The molecule has 1 rings (SSSR count). The van der Waals surface area contributed by atoms with Crippen LogP contribution in [-0.4, -0.2) is 21.9 Å². The number of rotatable bonds is 7. The average molecular weight is 288 g/mol. The van der Waals surface area contributed by atoms with E-state index in [1.807, 2.05) is 6.92 Å². The maximum Gasteiger partial charge on any atom is 0.435 e. The molecule has 20 heavy (non-hydrogen) atoms. The van der Waals surface area contributed by atoms with Gasteiger partial charge >= 0.3 is 6.18 Å². The van der Waals surface area contributed by atoms with Gasteiger partial charge in [0.2, 0.25) is 0 Å². The van der Waals surface area contributed by atoms with Gasteiger partial charge in [-0.2, -0.15) is 23.5 Å². The maximum atomic E-state index is 12.4. The van der Waals surface area contributed by atoms with E-state index < -0.39 is 17.4 Å². The molecule has 0 saturated carbocycles. The first kappa shape index (κ1) is 16.5. The van der Waals surface area contributed by atoms with Crippen molar-refractivity contribution in [3.05, 3.63) is 18.0 Å². The molecule has 0 aromatic carbocycles. The zero-order valence-electron chi connectivity index (χ0n) is 11.7. The van der Waals surface area contributed by atoms with E-state index in [0.29, 0.717) is 19.4 Å². The molecule has 1 heterocycles. The lowest BCUT2D eigenvalue weighted by atomic mass is 9.97. The molecule has 112 valence electrons. The van der Waals surface area contributed by atoms with E-state index in [0.717, 1.165) is 19.0 Å². The van der Waals surface area contributed by atoms with Crippen LogP contribution in [0.1, 0.15) is 38.8 Å². The van der Waals surface area contributed by atoms with E-state index in [2.05, 4.69) is 16.5 Å². The summed E-state index contributed by atoms with van der Waals surface area (Å²) in [6.45, 7) is 4.91. The molecule has 0 spiro atoms. The van der Waals surface area contributed by atoms with E-state index in [1.54, 1.807) is 6.92 Å². The van der Waals surface area contributed by atoms with Gasteiger partial charge in [0.1, 0.15) is 5.54 Å². The number of halogens is 3. The van der Waals surface area contributed by atoms with Gasteiger partial charge in [0.25, 0.3) is 0 Å². The minimum absolute atomic E-state index is 0.362. The molecule has 0 amide bonds. The molecule has 1 atom stereocenters. The Morgan fingerprint density at radius 3 is 2.65 bits per heavy atom. The standard InChI is InChI=1S/C13H19F3N4/c1-3-7-18-12(2,10-17)6-4-8-20-9-5-11(19-20)13(14,15)16/h5,9,18H,3-4,6-8H2,1-2H3. The quantitative estimate of drug-likeness (QED) is 0.839. The number of aromatic nitrogens is 2. The summed E-state index contributed by atoms with van der Waals surface area (Å²) in [4.78, 5) is 0. The molecule has 0 aliphatic rings. The summed E-state index contributed by atoms with van der Waals surface area (Å²) in [7, 11) is 0. The third-order valence-corrected chi connectivity index (χ3v) is 3.01. The Kier molecular flexibility index (Phi) is 5.57. The van der Waals surface area contributed by atoms with E-state index in [4.69, 9.17) is 5.26 Å². The molecular formula is C13H19F3N4. The molecular weight excluding hydrogens is 269 g/mol. The summed E-state index contributed by atoms with van der Waals surface area (Å²) in [6.07, 6.45) is -1.03. The lowest BCUT2D eigenvalue weighted by Gasteiger charge is -2.22. The van der Waals surface area contributed by atoms with Crippen molar-refractivity contribution in [1.29, 1.82) is 5.26 Å². The predicted octanol–water partition coefficient (Wildman–Crippen LogP) is 2.96. The van der Waals surface area contributed by atoms with Crippen molar-refractivity contribution in [2.24, 2.45) is 0 Å². The average Bonchev–Trinajstić information content (AvgIpc) is 2.85. The summed E-state index contributed by atoms with van der Waals surface area (Å²) in [5.74, 6) is 0. The van der Waals surface area contributed by atoms with E-state index in [1.165, 1.54) is 10.9 Å². The lowest BCUT2D eigenvalue weighted by Crippen LogP contribution is -2.41. The Morgan fingerprint density at radius 1 is 1.45 bits per heavy atom. The van der Waals surface area contributed by atoms with Crippen molar-refractivity contribution in [2.75, 3.05) is 6.54 Å². The van der Waals surface area contributed by atoms with E-state index in [9.17, 15) is 13.2 Å². The molecule has 0 fully saturated rings. The number of nitrogens with one attached hydrogen (secondary N) is 1. The highest BCUT2D eigenvalue weighted by Crippen LogP contribution is 2.27. The van der Waals surface area contributed by atoms with Gasteiger partial charge in [0, 0.05) is 12.7 Å². The van der Waals surface area contributed by atoms with Crippen LogP contribution < -0.4 is 5.32 Å². The molecule has 1 unspecified atom stereocenters. The number of nitriles is 1. The number of alkyl halides is 3. The number of nitrogens with zero attached hydrogens (tertiary/aromatic N) is 3. The van der Waals surface area contributed by atoms with Gasteiger partial charge in [-0.05, 0) is 38.8 Å². The van der Waals surface area contributed by atoms with Crippen molar-refractivity contribution < 1.29 is 13.2 Å². The van der Waals surface area contributed by atoms with Crippen molar-refractivity contribution in [3.8, 4) is 6.07 Å². The first-order valence-corrected chi connectivity index (χ1v) is 6.57. The highest BCUT2D eigenvalue weighted by atomic mass is 19.4. The summed E-state index contributed by atoms with van der Waals surface area (Å²) in [5.41, 5.74) is -1.53. The normalized spacial score (nSPS) is 14.8. The Bertz CT molecular complexity index is 461. The Balaban J connectivity index is 2.48. The molecule has 0 bridgehead atoms. The van der Waals surface area contributed by atoms with Gasteiger partial charge in [-0.25, -0.2) is 0 Å². The minimum atomic E-state index is -4.41. The summed E-state index contributed by atoms with van der Waals surface area (Å²) in [6, 6.07) is 3.17. The molecule has 0 aliphatic heterocycles. The van der Waals surface area contributed by atoms with Crippen LogP contribution in [0.4, 0.5) is 13.2 Å². The first-order chi connectivity index (χ1) is 9.30. The van der Waals surface area contributed by atoms with Gasteiger partial charge in [-0.15, -0.1) is 0 Å². The monoisotopic (exact) mass is 288 g/mol. The smallest absolute Gasteiger partial charge is 0.300 e. The second-order valence-electron chi connectivity index (χ2n) is 4.94. The second-order valence-corrected chi connectivity index (χ2v) is 4.94. The van der Waals surface area contributed by atoms with Crippen molar-refractivity contribution in [3.63, 3.8) is 0 Å². The summed E-state index contributed by atoms with van der Waals surface area (Å²) >= 11 is 0. The molecule has 1 aromatic rings. The fourth-order valence-corrected chi connectivity index (χ4v) is 1.82. The predicted molar refractivity (Wildman–Crippen MR) is 68.8 cm³/mol. The molecule has 0 radical (unpaired) electrons. The van der Waals surface area contributed by atoms with Crippen LogP contribution in [0.5, 0.6) is 0 Å². The molecule has 1 N–H and O–H groups in total. The van der Waals surface area contributed by atoms with Crippen LogP contribution in [0.25, 0.3) is 0 Å². The first-order valence-electron chi connectivity index (χ1n) is 6.57. The highest BCUT2D eigenvalue weighted by Gasteiger charge is 2.33. The topological polar surface area (TPSA) is 53.6 Å². The number of hydrogen-bond acceptors (Lipinski definition) is 3. The number of aryl methyl sites for hydroxylation is 1. The zero-order chi connectivity index (χ0) is 15.2. The van der Waals surface area contributed by atoms with Crippen LogP contribution in [0.3, 0.4) is 0 Å². The van der Waals surface area contributed by atoms with Gasteiger partial charge in [0.05, 0.1) is 6.07 Å². The van der Waals surface area contributed by atoms with Crippen molar-refractivity contribution >= 4 is 0 Å². The van der Waals surface area contributed by atoms with Crippen molar-refractivity contribution in [1.82, 2.24) is 15.1 Å².